The zero-order valence-corrected chi connectivity index (χ0v) is 15.6. The molecule has 0 aliphatic rings. The van der Waals surface area contributed by atoms with Gasteiger partial charge in [0.2, 0.25) is 0 Å². The highest BCUT2D eigenvalue weighted by Gasteiger charge is 2.05. The van der Waals surface area contributed by atoms with Crippen molar-refractivity contribution < 1.29 is 14.8 Å². The van der Waals surface area contributed by atoms with Crippen molar-refractivity contribution in [1.29, 1.82) is 0 Å². The first-order valence-corrected chi connectivity index (χ1v) is 8.87. The van der Waals surface area contributed by atoms with Crippen LogP contribution in [-0.4, -0.2) is 30.0 Å². The first kappa shape index (κ1) is 20.1. The Kier molecular flexibility index (Phi) is 7.52. The van der Waals surface area contributed by atoms with E-state index in [2.05, 4.69) is 18.7 Å². The molecule has 2 N–H and O–H groups in total. The number of ketones is 1. The average Bonchev–Trinajstić information content (AvgIpc) is 2.72. The number of carbonyl (C=O) groups excluding carboxylic acids is 2. The van der Waals surface area contributed by atoms with Gasteiger partial charge < -0.3 is 4.90 Å². The third-order valence-electron chi connectivity index (χ3n) is 4.18. The maximum Gasteiger partial charge on any atom is 0.267 e. The molecular weight excluding hydrogens is 340 g/mol. The summed E-state index contributed by atoms with van der Waals surface area (Å²) in [5.41, 5.74) is 4.99. The van der Waals surface area contributed by atoms with Gasteiger partial charge in [-0.05, 0) is 61.4 Å². The third-order valence-corrected chi connectivity index (χ3v) is 4.18. The maximum atomic E-state index is 12.3. The van der Waals surface area contributed by atoms with E-state index in [9.17, 15) is 9.59 Å². The minimum atomic E-state index is -0.586. The molecule has 5 nitrogen and oxygen atoms in total. The van der Waals surface area contributed by atoms with Gasteiger partial charge in [-0.2, -0.15) is 0 Å². The van der Waals surface area contributed by atoms with Gasteiger partial charge in [0.05, 0.1) is 0 Å². The van der Waals surface area contributed by atoms with E-state index < -0.39 is 5.91 Å². The smallest absolute Gasteiger partial charge is 0.267 e. The second-order valence-corrected chi connectivity index (χ2v) is 5.89. The lowest BCUT2D eigenvalue weighted by molar-refractivity contribution is -0.124. The van der Waals surface area contributed by atoms with E-state index in [0.29, 0.717) is 5.56 Å². The SMILES string of the molecule is CCN(CC)c1ccc(C(=O)/C=C/c2ccc(/C=C/C(=O)NO)cc2)cc1. The lowest BCUT2D eigenvalue weighted by Gasteiger charge is -2.20. The van der Waals surface area contributed by atoms with Crippen LogP contribution < -0.4 is 10.4 Å². The number of nitrogens with one attached hydrogen (secondary N) is 1. The van der Waals surface area contributed by atoms with E-state index in [4.69, 9.17) is 5.21 Å². The average molecular weight is 364 g/mol. The summed E-state index contributed by atoms with van der Waals surface area (Å²) in [5, 5.41) is 8.45. The molecule has 0 radical (unpaired) electrons. The zero-order valence-electron chi connectivity index (χ0n) is 15.6. The number of nitrogens with zero attached hydrogens (tertiary/aromatic N) is 1. The van der Waals surface area contributed by atoms with Gasteiger partial charge in [0.1, 0.15) is 0 Å². The van der Waals surface area contributed by atoms with Crippen molar-refractivity contribution in [2.75, 3.05) is 18.0 Å². The van der Waals surface area contributed by atoms with Crippen molar-refractivity contribution in [3.63, 3.8) is 0 Å². The largest absolute Gasteiger partial charge is 0.372 e. The molecule has 0 aliphatic heterocycles. The molecule has 0 saturated heterocycles. The molecule has 0 bridgehead atoms. The summed E-state index contributed by atoms with van der Waals surface area (Å²) in [6, 6.07) is 15.0. The van der Waals surface area contributed by atoms with Crippen molar-refractivity contribution in [1.82, 2.24) is 5.48 Å². The van der Waals surface area contributed by atoms with Crippen LogP contribution in [0.15, 0.2) is 60.7 Å². The molecule has 0 unspecified atom stereocenters. The summed E-state index contributed by atoms with van der Waals surface area (Å²) in [5.74, 6) is -0.638. The summed E-state index contributed by atoms with van der Waals surface area (Å²) in [6.45, 7) is 6.07. The number of amides is 1. The quantitative estimate of drug-likeness (QED) is 0.322. The Balaban J connectivity index is 2.01. The monoisotopic (exact) mass is 364 g/mol. The van der Waals surface area contributed by atoms with Crippen molar-refractivity contribution in [2.24, 2.45) is 0 Å². The van der Waals surface area contributed by atoms with Crippen LogP contribution in [0.3, 0.4) is 0 Å². The molecule has 140 valence electrons. The van der Waals surface area contributed by atoms with Crippen LogP contribution in [0.4, 0.5) is 5.69 Å². The van der Waals surface area contributed by atoms with Crippen LogP contribution in [0.2, 0.25) is 0 Å². The maximum absolute atomic E-state index is 12.3. The van der Waals surface area contributed by atoms with Crippen LogP contribution in [0.25, 0.3) is 12.2 Å². The normalized spacial score (nSPS) is 11.1. The number of hydroxylamine groups is 1. The Hall–Kier alpha value is -3.18. The molecule has 2 aromatic rings. The fraction of sp³-hybridized carbons (Fsp3) is 0.182. The number of rotatable bonds is 8. The van der Waals surface area contributed by atoms with E-state index in [1.54, 1.807) is 18.2 Å². The van der Waals surface area contributed by atoms with Gasteiger partial charge >= 0.3 is 0 Å². The molecule has 0 fully saturated rings. The predicted octanol–water partition coefficient (Wildman–Crippen LogP) is 3.95. The van der Waals surface area contributed by atoms with E-state index >= 15 is 0 Å². The highest BCUT2D eigenvalue weighted by molar-refractivity contribution is 6.07. The topological polar surface area (TPSA) is 69.6 Å². The Labute approximate surface area is 159 Å². The Morgan fingerprint density at radius 3 is 1.89 bits per heavy atom. The van der Waals surface area contributed by atoms with Crippen LogP contribution in [-0.2, 0) is 4.79 Å². The molecule has 0 atom stereocenters. The summed E-state index contributed by atoms with van der Waals surface area (Å²) in [7, 11) is 0. The molecule has 0 aliphatic carbocycles. The van der Waals surface area contributed by atoms with Gasteiger partial charge in [-0.1, -0.05) is 30.3 Å². The van der Waals surface area contributed by atoms with Crippen LogP contribution >= 0.6 is 0 Å². The van der Waals surface area contributed by atoms with Gasteiger partial charge in [-0.3, -0.25) is 14.8 Å². The highest BCUT2D eigenvalue weighted by atomic mass is 16.5. The van der Waals surface area contributed by atoms with Gasteiger partial charge in [0.15, 0.2) is 5.78 Å². The van der Waals surface area contributed by atoms with E-state index in [0.717, 1.165) is 29.9 Å². The lowest BCUT2D eigenvalue weighted by atomic mass is 10.1. The van der Waals surface area contributed by atoms with Gasteiger partial charge in [0.25, 0.3) is 5.91 Å². The number of hydrogen-bond donors (Lipinski definition) is 2. The van der Waals surface area contributed by atoms with Crippen LogP contribution in [0, 0.1) is 0 Å². The predicted molar refractivity (Wildman–Crippen MR) is 109 cm³/mol. The molecule has 0 spiro atoms. The second kappa shape index (κ2) is 10.1. The van der Waals surface area contributed by atoms with Crippen molar-refractivity contribution >= 4 is 29.5 Å². The molecule has 5 heteroatoms. The van der Waals surface area contributed by atoms with Crippen LogP contribution in [0.1, 0.15) is 35.3 Å². The summed E-state index contributed by atoms with van der Waals surface area (Å²) >= 11 is 0. The number of allylic oxidation sites excluding steroid dienone is 1. The molecular formula is C22H24N2O3. The van der Waals surface area contributed by atoms with E-state index in [1.807, 2.05) is 48.5 Å². The summed E-state index contributed by atoms with van der Waals surface area (Å²) in [4.78, 5) is 25.5. The first-order chi connectivity index (χ1) is 13.1. The molecule has 0 saturated carbocycles. The molecule has 2 aromatic carbocycles. The van der Waals surface area contributed by atoms with Crippen molar-refractivity contribution in [3.8, 4) is 0 Å². The van der Waals surface area contributed by atoms with Crippen LogP contribution in [0.5, 0.6) is 0 Å². The summed E-state index contributed by atoms with van der Waals surface area (Å²) < 4.78 is 0. The Bertz CT molecular complexity index is 818. The fourth-order valence-corrected chi connectivity index (χ4v) is 2.62. The van der Waals surface area contributed by atoms with Crippen molar-refractivity contribution in [2.45, 2.75) is 13.8 Å². The first-order valence-electron chi connectivity index (χ1n) is 8.87. The number of benzene rings is 2. The molecule has 1 amide bonds. The third kappa shape index (κ3) is 5.94. The lowest BCUT2D eigenvalue weighted by Crippen LogP contribution is -2.21. The molecule has 27 heavy (non-hydrogen) atoms. The summed E-state index contributed by atoms with van der Waals surface area (Å²) in [6.07, 6.45) is 6.13. The molecule has 0 heterocycles. The Morgan fingerprint density at radius 2 is 1.41 bits per heavy atom. The van der Waals surface area contributed by atoms with E-state index in [-0.39, 0.29) is 5.78 Å². The minimum Gasteiger partial charge on any atom is -0.372 e. The highest BCUT2D eigenvalue weighted by Crippen LogP contribution is 2.16. The Morgan fingerprint density at radius 1 is 0.889 bits per heavy atom. The van der Waals surface area contributed by atoms with Gasteiger partial charge in [-0.15, -0.1) is 0 Å². The molecule has 0 aromatic heterocycles. The fourth-order valence-electron chi connectivity index (χ4n) is 2.62. The van der Waals surface area contributed by atoms with Gasteiger partial charge in [-0.25, -0.2) is 5.48 Å². The minimum absolute atomic E-state index is 0.0512. The van der Waals surface area contributed by atoms with Crippen molar-refractivity contribution in [3.05, 3.63) is 77.4 Å². The van der Waals surface area contributed by atoms with Gasteiger partial charge in [0, 0.05) is 30.4 Å². The zero-order chi connectivity index (χ0) is 19.6. The second-order valence-electron chi connectivity index (χ2n) is 5.89. The van der Waals surface area contributed by atoms with E-state index in [1.165, 1.54) is 11.6 Å². The number of hydrogen-bond acceptors (Lipinski definition) is 4. The number of carbonyl (C=O) groups is 2. The standard InChI is InChI=1S/C22H24N2O3/c1-3-24(4-2)20-13-11-19(12-14-20)21(25)15-9-17-5-7-18(8-6-17)10-16-22(26)23-27/h5-16,27H,3-4H2,1-2H3,(H,23,26)/b15-9+,16-10+. The number of anilines is 1. The molecule has 2 rings (SSSR count).